The Bertz CT molecular complexity index is 853. The quantitative estimate of drug-likeness (QED) is 0.824. The number of hydrogen-bond donors (Lipinski definition) is 1. The van der Waals surface area contributed by atoms with E-state index in [1.54, 1.807) is 12.1 Å². The summed E-state index contributed by atoms with van der Waals surface area (Å²) in [5.41, 5.74) is 4.35. The van der Waals surface area contributed by atoms with E-state index in [2.05, 4.69) is 23.9 Å². The topological polar surface area (TPSA) is 60.9 Å². The molecule has 0 spiro atoms. The molecule has 0 saturated carbocycles. The highest BCUT2D eigenvalue weighted by molar-refractivity contribution is 6.06. The Balaban J connectivity index is 1.86. The van der Waals surface area contributed by atoms with Crippen molar-refractivity contribution in [1.82, 2.24) is 9.80 Å². The molecule has 0 atom stereocenters. The number of ketones is 2. The maximum absolute atomic E-state index is 13.1. The Morgan fingerprint density at radius 2 is 1.55 bits per heavy atom. The lowest BCUT2D eigenvalue weighted by atomic mass is 9.70. The molecule has 0 aromatic heterocycles. The first kappa shape index (κ1) is 19.9. The first-order valence-corrected chi connectivity index (χ1v) is 10.7. The first-order chi connectivity index (χ1) is 14.0. The van der Waals surface area contributed by atoms with Crippen LogP contribution < -0.4 is 0 Å². The number of phenols is 1. The van der Waals surface area contributed by atoms with Gasteiger partial charge in [0.1, 0.15) is 5.75 Å². The molecular formula is C24H30N2O3. The smallest absolute Gasteiger partial charge is 0.161 e. The molecule has 29 heavy (non-hydrogen) atoms. The average molecular weight is 395 g/mol. The fraction of sp³-hybridized carbons (Fsp3) is 0.500. The van der Waals surface area contributed by atoms with Gasteiger partial charge in [0, 0.05) is 53.4 Å². The summed E-state index contributed by atoms with van der Waals surface area (Å²) in [5, 5.41) is 10.6. The van der Waals surface area contributed by atoms with Gasteiger partial charge in [-0.15, -0.1) is 0 Å². The Morgan fingerprint density at radius 3 is 2.10 bits per heavy atom. The molecule has 0 fully saturated rings. The van der Waals surface area contributed by atoms with Crippen molar-refractivity contribution in [2.75, 3.05) is 27.2 Å². The molecule has 5 nitrogen and oxygen atoms in total. The maximum Gasteiger partial charge on any atom is 0.161 e. The molecule has 1 aromatic rings. The summed E-state index contributed by atoms with van der Waals surface area (Å²) in [4.78, 5) is 30.7. The number of benzene rings is 1. The molecule has 4 rings (SSSR count). The van der Waals surface area contributed by atoms with E-state index in [0.29, 0.717) is 18.4 Å². The molecule has 1 N–H and O–H groups in total. The minimum Gasteiger partial charge on any atom is -0.508 e. The van der Waals surface area contributed by atoms with Gasteiger partial charge in [-0.1, -0.05) is 18.2 Å². The Morgan fingerprint density at radius 1 is 0.966 bits per heavy atom. The van der Waals surface area contributed by atoms with E-state index in [1.807, 2.05) is 12.1 Å². The third-order valence-corrected chi connectivity index (χ3v) is 6.32. The van der Waals surface area contributed by atoms with Crippen molar-refractivity contribution >= 4 is 11.6 Å². The van der Waals surface area contributed by atoms with Gasteiger partial charge in [0.05, 0.1) is 0 Å². The molecule has 1 aliphatic heterocycles. The van der Waals surface area contributed by atoms with Crippen molar-refractivity contribution in [3.05, 3.63) is 52.4 Å². The maximum atomic E-state index is 13.1. The number of Topliss-reactive ketones (excluding diaryl/α,β-unsaturated/α-hetero) is 2. The number of nitrogens with zero attached hydrogens (tertiary/aromatic N) is 2. The van der Waals surface area contributed by atoms with Crippen LogP contribution in [0.15, 0.2) is 46.8 Å². The highest BCUT2D eigenvalue weighted by Gasteiger charge is 2.43. The lowest BCUT2D eigenvalue weighted by Crippen LogP contribution is -2.40. The number of aromatic hydroxyl groups is 1. The monoisotopic (exact) mass is 394 g/mol. The third-order valence-electron chi connectivity index (χ3n) is 6.32. The summed E-state index contributed by atoms with van der Waals surface area (Å²) in [5.74, 6) is -0.00928. The van der Waals surface area contributed by atoms with E-state index in [0.717, 1.165) is 67.7 Å². The average Bonchev–Trinajstić information content (AvgIpc) is 2.69. The number of hydrogen-bond acceptors (Lipinski definition) is 5. The van der Waals surface area contributed by atoms with E-state index in [4.69, 9.17) is 0 Å². The zero-order chi connectivity index (χ0) is 20.5. The van der Waals surface area contributed by atoms with Crippen molar-refractivity contribution in [3.8, 4) is 5.75 Å². The molecule has 2 aliphatic carbocycles. The van der Waals surface area contributed by atoms with Crippen LogP contribution in [0.3, 0.4) is 0 Å². The van der Waals surface area contributed by atoms with E-state index in [9.17, 15) is 14.7 Å². The largest absolute Gasteiger partial charge is 0.508 e. The Kier molecular flexibility index (Phi) is 5.59. The molecule has 0 saturated heterocycles. The second-order valence-electron chi connectivity index (χ2n) is 8.57. The van der Waals surface area contributed by atoms with E-state index in [1.165, 1.54) is 0 Å². The first-order valence-electron chi connectivity index (χ1n) is 10.7. The summed E-state index contributed by atoms with van der Waals surface area (Å²) in [6.45, 7) is 1.79. The molecule has 1 aromatic carbocycles. The van der Waals surface area contributed by atoms with Gasteiger partial charge < -0.3 is 14.9 Å². The molecular weight excluding hydrogens is 364 g/mol. The molecule has 0 radical (unpaired) electrons. The van der Waals surface area contributed by atoms with Crippen LogP contribution in [0, 0.1) is 0 Å². The number of carbonyl (C=O) groups is 2. The normalized spacial score (nSPS) is 20.4. The van der Waals surface area contributed by atoms with Gasteiger partial charge in [-0.05, 0) is 58.8 Å². The summed E-state index contributed by atoms with van der Waals surface area (Å²) in [7, 11) is 4.13. The second kappa shape index (κ2) is 8.15. The van der Waals surface area contributed by atoms with Crippen molar-refractivity contribution in [3.63, 3.8) is 0 Å². The number of para-hydroxylation sites is 1. The Hall–Kier alpha value is -2.40. The van der Waals surface area contributed by atoms with Gasteiger partial charge in [-0.3, -0.25) is 9.59 Å². The minimum atomic E-state index is -0.424. The van der Waals surface area contributed by atoms with Crippen LogP contribution >= 0.6 is 0 Å². The van der Waals surface area contributed by atoms with E-state index in [-0.39, 0.29) is 17.3 Å². The van der Waals surface area contributed by atoms with E-state index >= 15 is 0 Å². The Labute approximate surface area is 172 Å². The number of allylic oxidation sites excluding steroid dienone is 4. The molecule has 0 unspecified atom stereocenters. The standard InChI is InChI=1S/C24H30N2O3/c1-25(2)14-7-15-26-17-9-5-12-20(28)23(17)22(16-8-3-4-11-19(16)27)24-18(26)10-6-13-21(24)29/h3-4,8,11,22,27H,5-7,9-10,12-15H2,1-2H3. The fourth-order valence-electron chi connectivity index (χ4n) is 5.07. The molecule has 0 bridgehead atoms. The van der Waals surface area contributed by atoms with Gasteiger partial charge >= 0.3 is 0 Å². The van der Waals surface area contributed by atoms with Gasteiger partial charge in [-0.2, -0.15) is 0 Å². The third kappa shape index (κ3) is 3.64. The van der Waals surface area contributed by atoms with E-state index < -0.39 is 5.92 Å². The number of carbonyl (C=O) groups excluding carboxylic acids is 2. The van der Waals surface area contributed by atoms with Crippen LogP contribution in [0.2, 0.25) is 0 Å². The summed E-state index contributed by atoms with van der Waals surface area (Å²) in [6, 6.07) is 7.17. The number of rotatable bonds is 5. The van der Waals surface area contributed by atoms with Crippen LogP contribution in [-0.2, 0) is 9.59 Å². The van der Waals surface area contributed by atoms with Crippen molar-refractivity contribution in [2.24, 2.45) is 0 Å². The predicted molar refractivity (Wildman–Crippen MR) is 112 cm³/mol. The SMILES string of the molecule is CN(C)CCCN1C2=C(C(=O)CCC2)C(c2ccccc2O)C2=C1CCCC2=O. The van der Waals surface area contributed by atoms with Crippen LogP contribution in [-0.4, -0.2) is 53.7 Å². The molecule has 3 aliphatic rings. The van der Waals surface area contributed by atoms with Crippen LogP contribution in [0.1, 0.15) is 56.4 Å². The zero-order valence-corrected chi connectivity index (χ0v) is 17.4. The van der Waals surface area contributed by atoms with Gasteiger partial charge in [0.2, 0.25) is 0 Å². The van der Waals surface area contributed by atoms with Gasteiger partial charge in [0.15, 0.2) is 11.6 Å². The molecule has 1 heterocycles. The number of phenolic OH excluding ortho intramolecular Hbond substituents is 1. The molecule has 154 valence electrons. The molecule has 0 amide bonds. The van der Waals surface area contributed by atoms with Crippen molar-refractivity contribution in [1.29, 1.82) is 0 Å². The van der Waals surface area contributed by atoms with Crippen molar-refractivity contribution in [2.45, 2.75) is 50.9 Å². The van der Waals surface area contributed by atoms with Crippen molar-refractivity contribution < 1.29 is 14.7 Å². The lowest BCUT2D eigenvalue weighted by molar-refractivity contribution is -0.117. The summed E-state index contributed by atoms with van der Waals surface area (Å²) < 4.78 is 0. The van der Waals surface area contributed by atoms with Gasteiger partial charge in [-0.25, -0.2) is 0 Å². The highest BCUT2D eigenvalue weighted by atomic mass is 16.3. The molecule has 5 heteroatoms. The zero-order valence-electron chi connectivity index (χ0n) is 17.4. The fourth-order valence-corrected chi connectivity index (χ4v) is 5.07. The van der Waals surface area contributed by atoms with Crippen LogP contribution in [0.25, 0.3) is 0 Å². The minimum absolute atomic E-state index is 0.127. The summed E-state index contributed by atoms with van der Waals surface area (Å²) in [6.07, 6.45) is 5.44. The van der Waals surface area contributed by atoms with Crippen LogP contribution in [0.4, 0.5) is 0 Å². The highest BCUT2D eigenvalue weighted by Crippen LogP contribution is 2.50. The summed E-state index contributed by atoms with van der Waals surface area (Å²) >= 11 is 0. The van der Waals surface area contributed by atoms with Gasteiger partial charge in [0.25, 0.3) is 0 Å². The lowest BCUT2D eigenvalue weighted by Gasteiger charge is -2.44. The second-order valence-corrected chi connectivity index (χ2v) is 8.57. The van der Waals surface area contributed by atoms with Crippen LogP contribution in [0.5, 0.6) is 5.75 Å². The predicted octanol–water partition coefficient (Wildman–Crippen LogP) is 3.76.